The number of benzene rings is 2. The first-order chi connectivity index (χ1) is 12.0. The largest absolute Gasteiger partial charge is 0.495 e. The minimum atomic E-state index is -0.286. The first-order valence-electron chi connectivity index (χ1n) is 8.01. The van der Waals surface area contributed by atoms with Crippen LogP contribution in [0.15, 0.2) is 42.5 Å². The van der Waals surface area contributed by atoms with E-state index in [1.165, 1.54) is 0 Å². The zero-order chi connectivity index (χ0) is 18.2. The number of hydrogen-bond donors (Lipinski definition) is 2. The van der Waals surface area contributed by atoms with Gasteiger partial charge >= 0.3 is 0 Å². The Bertz CT molecular complexity index is 716. The third-order valence-corrected chi connectivity index (χ3v) is 3.53. The monoisotopic (exact) mass is 344 g/mol. The molecule has 0 aliphatic carbocycles. The fraction of sp³-hybridized carbons (Fsp3) is 0.316. The molecule has 0 heterocycles. The maximum Gasteiger partial charge on any atom is 0.262 e. The average Bonchev–Trinajstić information content (AvgIpc) is 2.60. The minimum Gasteiger partial charge on any atom is -0.495 e. The Labute approximate surface area is 147 Å². The summed E-state index contributed by atoms with van der Waals surface area (Å²) in [7, 11) is 3.11. The molecule has 0 saturated heterocycles. The number of hydrogen-bond acceptors (Lipinski definition) is 5. The van der Waals surface area contributed by atoms with Crippen LogP contribution in [-0.2, 0) is 11.2 Å². The van der Waals surface area contributed by atoms with Gasteiger partial charge in [0.05, 0.1) is 19.9 Å². The molecule has 0 radical (unpaired) electrons. The summed E-state index contributed by atoms with van der Waals surface area (Å²) in [6, 6.07) is 12.8. The Morgan fingerprint density at radius 3 is 2.48 bits per heavy atom. The van der Waals surface area contributed by atoms with E-state index in [9.17, 15) is 4.79 Å². The molecule has 134 valence electrons. The van der Waals surface area contributed by atoms with Gasteiger partial charge in [0.2, 0.25) is 0 Å². The second kappa shape index (κ2) is 8.94. The summed E-state index contributed by atoms with van der Waals surface area (Å²) >= 11 is 0. The summed E-state index contributed by atoms with van der Waals surface area (Å²) in [5.74, 6) is 1.38. The quantitative estimate of drug-likeness (QED) is 0.769. The lowest BCUT2D eigenvalue weighted by Gasteiger charge is -2.14. The molecule has 0 bridgehead atoms. The Kier molecular flexibility index (Phi) is 6.65. The zero-order valence-electron chi connectivity index (χ0n) is 14.7. The first kappa shape index (κ1) is 18.6. The standard InChI is InChI=1S/C19H24N2O4/c1-13(20)10-14-8-9-17(18(11-14)24-3)25-12-19(22)21-15-6-4-5-7-16(15)23-2/h4-9,11,13H,10,12,20H2,1-3H3,(H,21,22). The third-order valence-electron chi connectivity index (χ3n) is 3.53. The highest BCUT2D eigenvalue weighted by atomic mass is 16.5. The van der Waals surface area contributed by atoms with Gasteiger partial charge < -0.3 is 25.3 Å². The van der Waals surface area contributed by atoms with Gasteiger partial charge in [-0.05, 0) is 43.2 Å². The normalized spacial score (nSPS) is 11.5. The number of nitrogens with two attached hydrogens (primary N) is 1. The highest BCUT2D eigenvalue weighted by Crippen LogP contribution is 2.29. The van der Waals surface area contributed by atoms with E-state index in [1.807, 2.05) is 31.2 Å². The highest BCUT2D eigenvalue weighted by molar-refractivity contribution is 5.93. The van der Waals surface area contributed by atoms with Gasteiger partial charge in [-0.2, -0.15) is 0 Å². The van der Waals surface area contributed by atoms with Crippen LogP contribution in [-0.4, -0.2) is 32.8 Å². The molecule has 2 aromatic rings. The molecule has 3 N–H and O–H groups in total. The molecule has 0 aromatic heterocycles. The second-order valence-electron chi connectivity index (χ2n) is 5.70. The molecule has 0 saturated carbocycles. The predicted octanol–water partition coefficient (Wildman–Crippen LogP) is 2.61. The lowest BCUT2D eigenvalue weighted by atomic mass is 10.1. The number of amides is 1. The molecule has 25 heavy (non-hydrogen) atoms. The molecule has 1 amide bonds. The van der Waals surface area contributed by atoms with Crippen LogP contribution in [0.5, 0.6) is 17.2 Å². The first-order valence-corrected chi connectivity index (χ1v) is 8.01. The van der Waals surface area contributed by atoms with Crippen LogP contribution in [0.25, 0.3) is 0 Å². The van der Waals surface area contributed by atoms with Crippen LogP contribution in [0.4, 0.5) is 5.69 Å². The molecule has 2 rings (SSSR count). The van der Waals surface area contributed by atoms with Crippen molar-refractivity contribution in [1.82, 2.24) is 0 Å². The van der Waals surface area contributed by atoms with Crippen molar-refractivity contribution in [3.63, 3.8) is 0 Å². The summed E-state index contributed by atoms with van der Waals surface area (Å²) in [6.45, 7) is 1.81. The van der Waals surface area contributed by atoms with Gasteiger partial charge in [0.25, 0.3) is 5.91 Å². The number of ether oxygens (including phenoxy) is 3. The molecule has 0 fully saturated rings. The highest BCUT2D eigenvalue weighted by Gasteiger charge is 2.11. The molecule has 6 heteroatoms. The van der Waals surface area contributed by atoms with Crippen molar-refractivity contribution in [1.29, 1.82) is 0 Å². The van der Waals surface area contributed by atoms with E-state index < -0.39 is 0 Å². The smallest absolute Gasteiger partial charge is 0.262 e. The van der Waals surface area contributed by atoms with Crippen molar-refractivity contribution < 1.29 is 19.0 Å². The third kappa shape index (κ3) is 5.39. The van der Waals surface area contributed by atoms with Gasteiger partial charge in [0.15, 0.2) is 18.1 Å². The second-order valence-corrected chi connectivity index (χ2v) is 5.70. The molecule has 0 aliphatic heterocycles. The number of methoxy groups -OCH3 is 2. The van der Waals surface area contributed by atoms with Gasteiger partial charge in [-0.25, -0.2) is 0 Å². The van der Waals surface area contributed by atoms with E-state index >= 15 is 0 Å². The molecule has 2 aromatic carbocycles. The van der Waals surface area contributed by atoms with E-state index in [-0.39, 0.29) is 18.6 Å². The van der Waals surface area contributed by atoms with E-state index in [0.717, 1.165) is 12.0 Å². The Balaban J connectivity index is 1.99. The molecule has 1 unspecified atom stereocenters. The SMILES string of the molecule is COc1ccccc1NC(=O)COc1ccc(CC(C)N)cc1OC. The van der Waals surface area contributed by atoms with Crippen molar-refractivity contribution in [2.45, 2.75) is 19.4 Å². The van der Waals surface area contributed by atoms with Crippen molar-refractivity contribution in [3.05, 3.63) is 48.0 Å². The summed E-state index contributed by atoms with van der Waals surface area (Å²) in [6.07, 6.45) is 0.741. The summed E-state index contributed by atoms with van der Waals surface area (Å²) in [5, 5.41) is 2.76. The van der Waals surface area contributed by atoms with Gasteiger partial charge in [-0.3, -0.25) is 4.79 Å². The molecular formula is C19H24N2O4. The van der Waals surface area contributed by atoms with Crippen molar-refractivity contribution >= 4 is 11.6 Å². The molecule has 0 spiro atoms. The van der Waals surface area contributed by atoms with Gasteiger partial charge in [0.1, 0.15) is 5.75 Å². The van der Waals surface area contributed by atoms with Gasteiger partial charge in [-0.1, -0.05) is 18.2 Å². The summed E-state index contributed by atoms with van der Waals surface area (Å²) < 4.78 is 16.1. The predicted molar refractivity (Wildman–Crippen MR) is 97.5 cm³/mol. The lowest BCUT2D eigenvalue weighted by molar-refractivity contribution is -0.118. The number of para-hydroxylation sites is 2. The zero-order valence-corrected chi connectivity index (χ0v) is 14.7. The number of carbonyl (C=O) groups excluding carboxylic acids is 1. The maximum atomic E-state index is 12.1. The number of anilines is 1. The van der Waals surface area contributed by atoms with Crippen LogP contribution in [0.3, 0.4) is 0 Å². The number of rotatable bonds is 8. The average molecular weight is 344 g/mol. The van der Waals surface area contributed by atoms with Crippen molar-refractivity contribution in [2.75, 3.05) is 26.1 Å². The van der Waals surface area contributed by atoms with E-state index in [0.29, 0.717) is 22.9 Å². The van der Waals surface area contributed by atoms with Crippen LogP contribution in [0, 0.1) is 0 Å². The Morgan fingerprint density at radius 2 is 1.80 bits per heavy atom. The van der Waals surface area contributed by atoms with Crippen molar-refractivity contribution in [2.24, 2.45) is 5.73 Å². The van der Waals surface area contributed by atoms with Crippen molar-refractivity contribution in [3.8, 4) is 17.2 Å². The Morgan fingerprint density at radius 1 is 1.08 bits per heavy atom. The van der Waals surface area contributed by atoms with Crippen LogP contribution < -0.4 is 25.3 Å². The van der Waals surface area contributed by atoms with Crippen LogP contribution >= 0.6 is 0 Å². The minimum absolute atomic E-state index is 0.0584. The maximum absolute atomic E-state index is 12.1. The van der Waals surface area contributed by atoms with E-state index in [1.54, 1.807) is 32.4 Å². The molecule has 0 aliphatic rings. The molecule has 1 atom stereocenters. The number of nitrogens with one attached hydrogen (secondary N) is 1. The molecular weight excluding hydrogens is 320 g/mol. The lowest BCUT2D eigenvalue weighted by Crippen LogP contribution is -2.21. The topological polar surface area (TPSA) is 82.8 Å². The fourth-order valence-corrected chi connectivity index (χ4v) is 2.41. The van der Waals surface area contributed by atoms with Crippen LogP contribution in [0.2, 0.25) is 0 Å². The van der Waals surface area contributed by atoms with Crippen LogP contribution in [0.1, 0.15) is 12.5 Å². The van der Waals surface area contributed by atoms with E-state index in [4.69, 9.17) is 19.9 Å². The molecule has 6 nitrogen and oxygen atoms in total. The van der Waals surface area contributed by atoms with Gasteiger partial charge in [-0.15, -0.1) is 0 Å². The Hall–Kier alpha value is -2.73. The van der Waals surface area contributed by atoms with Gasteiger partial charge in [0, 0.05) is 6.04 Å². The number of carbonyl (C=O) groups is 1. The summed E-state index contributed by atoms with van der Waals surface area (Å²) in [4.78, 5) is 12.1. The van der Waals surface area contributed by atoms with E-state index in [2.05, 4.69) is 5.32 Å². The fourth-order valence-electron chi connectivity index (χ4n) is 2.41. The summed E-state index contributed by atoms with van der Waals surface area (Å²) in [5.41, 5.74) is 7.46.